The Hall–Kier alpha value is -2.84. The van der Waals surface area contributed by atoms with Crippen LogP contribution in [0.1, 0.15) is 11.1 Å². The van der Waals surface area contributed by atoms with Gasteiger partial charge in [-0.2, -0.15) is 0 Å². The Kier molecular flexibility index (Phi) is 5.95. The summed E-state index contributed by atoms with van der Waals surface area (Å²) in [6, 6.07) is 7.39. The normalized spacial score (nSPS) is 15.6. The number of urea groups is 1. The van der Waals surface area contributed by atoms with E-state index in [1.165, 1.54) is 26.4 Å². The summed E-state index contributed by atoms with van der Waals surface area (Å²) in [4.78, 5) is 38.7. The first kappa shape index (κ1) is 20.9. The summed E-state index contributed by atoms with van der Waals surface area (Å²) in [7, 11) is 2.89. The van der Waals surface area contributed by atoms with Gasteiger partial charge >= 0.3 is 6.03 Å². The molecule has 2 aromatic carbocycles. The number of anilines is 1. The maximum Gasteiger partial charge on any atom is 0.335 e. The van der Waals surface area contributed by atoms with E-state index in [2.05, 4.69) is 21.2 Å². The highest BCUT2D eigenvalue weighted by Gasteiger charge is 2.37. The number of nitrogens with one attached hydrogen (secondary N) is 1. The lowest BCUT2D eigenvalue weighted by atomic mass is 10.1. The molecule has 0 unspecified atom stereocenters. The second kappa shape index (κ2) is 8.26. The van der Waals surface area contributed by atoms with Crippen LogP contribution in [0, 0.1) is 6.92 Å². The van der Waals surface area contributed by atoms with E-state index in [4.69, 9.17) is 21.1 Å². The highest BCUT2D eigenvalue weighted by Crippen LogP contribution is 2.37. The number of carbonyl (C=O) groups excluding carboxylic acids is 3. The number of hydrogen-bond acceptors (Lipinski definition) is 5. The molecule has 0 atom stereocenters. The highest BCUT2D eigenvalue weighted by molar-refractivity contribution is 9.10. The van der Waals surface area contributed by atoms with E-state index in [9.17, 15) is 14.4 Å². The third-order valence-electron chi connectivity index (χ3n) is 4.27. The molecule has 1 heterocycles. The predicted octanol–water partition coefficient (Wildman–Crippen LogP) is 4.09. The molecule has 7 nitrogen and oxygen atoms in total. The van der Waals surface area contributed by atoms with Crippen molar-refractivity contribution in [3.8, 4) is 11.5 Å². The minimum Gasteiger partial charge on any atom is -0.493 e. The van der Waals surface area contributed by atoms with Crippen LogP contribution < -0.4 is 19.7 Å². The van der Waals surface area contributed by atoms with Gasteiger partial charge in [0.15, 0.2) is 11.5 Å². The lowest BCUT2D eigenvalue weighted by Crippen LogP contribution is -2.54. The summed E-state index contributed by atoms with van der Waals surface area (Å²) in [6.07, 6.45) is 1.35. The molecule has 0 aliphatic carbocycles. The van der Waals surface area contributed by atoms with Crippen molar-refractivity contribution in [2.24, 2.45) is 0 Å². The van der Waals surface area contributed by atoms with Crippen molar-refractivity contribution in [2.75, 3.05) is 19.1 Å². The standard InChI is InChI=1S/C20H16BrClN2O5/c1-10-6-12(21)4-5-15(10)24-19(26)13(18(25)23-20(24)27)7-11-8-14(22)17(29-3)16(9-11)28-2/h4-9H,1-3H3,(H,23,25,27)/b13-7-. The van der Waals surface area contributed by atoms with Crippen molar-refractivity contribution in [2.45, 2.75) is 6.92 Å². The zero-order chi connectivity index (χ0) is 21.3. The number of halogens is 2. The van der Waals surface area contributed by atoms with Gasteiger partial charge in [0.1, 0.15) is 5.57 Å². The molecule has 9 heteroatoms. The fraction of sp³-hybridized carbons (Fsp3) is 0.150. The van der Waals surface area contributed by atoms with Crippen molar-refractivity contribution < 1.29 is 23.9 Å². The SMILES string of the molecule is COc1cc(/C=C2/C(=O)NC(=O)N(c3ccc(Br)cc3C)C2=O)cc(Cl)c1OC. The molecule has 0 radical (unpaired) electrons. The lowest BCUT2D eigenvalue weighted by molar-refractivity contribution is -0.122. The molecule has 1 fully saturated rings. The largest absolute Gasteiger partial charge is 0.493 e. The van der Waals surface area contributed by atoms with E-state index in [-0.39, 0.29) is 10.6 Å². The molecule has 3 rings (SSSR count). The second-order valence-corrected chi connectivity index (χ2v) is 7.45. The number of imide groups is 2. The third kappa shape index (κ3) is 3.99. The average Bonchev–Trinajstić information content (AvgIpc) is 2.66. The minimum absolute atomic E-state index is 0.213. The van der Waals surface area contributed by atoms with Crippen LogP contribution in [0.25, 0.3) is 6.08 Å². The maximum atomic E-state index is 13.0. The Morgan fingerprint density at radius 2 is 1.83 bits per heavy atom. The predicted molar refractivity (Wildman–Crippen MR) is 112 cm³/mol. The average molecular weight is 480 g/mol. The van der Waals surface area contributed by atoms with Gasteiger partial charge in [0, 0.05) is 4.47 Å². The number of benzene rings is 2. The number of nitrogens with zero attached hydrogens (tertiary/aromatic N) is 1. The van der Waals surface area contributed by atoms with Crippen molar-refractivity contribution in [3.63, 3.8) is 0 Å². The quantitative estimate of drug-likeness (QED) is 0.527. The molecule has 1 N–H and O–H groups in total. The number of methoxy groups -OCH3 is 2. The summed E-state index contributed by atoms with van der Waals surface area (Å²) in [5, 5.41) is 2.44. The third-order valence-corrected chi connectivity index (χ3v) is 5.04. The Labute approximate surface area is 180 Å². The second-order valence-electron chi connectivity index (χ2n) is 6.13. The number of aryl methyl sites for hydroxylation is 1. The Morgan fingerprint density at radius 3 is 2.45 bits per heavy atom. The molecule has 29 heavy (non-hydrogen) atoms. The molecular formula is C20H16BrClN2O5. The van der Waals surface area contributed by atoms with Gasteiger partial charge in [-0.3, -0.25) is 14.9 Å². The monoisotopic (exact) mass is 478 g/mol. The molecule has 1 aliphatic rings. The smallest absolute Gasteiger partial charge is 0.335 e. The van der Waals surface area contributed by atoms with E-state index >= 15 is 0 Å². The van der Waals surface area contributed by atoms with Crippen LogP contribution in [-0.4, -0.2) is 32.1 Å². The fourth-order valence-electron chi connectivity index (χ4n) is 2.93. The molecule has 150 valence electrons. The molecule has 4 amide bonds. The zero-order valence-electron chi connectivity index (χ0n) is 15.7. The van der Waals surface area contributed by atoms with Gasteiger partial charge in [-0.15, -0.1) is 0 Å². The van der Waals surface area contributed by atoms with E-state index in [0.717, 1.165) is 9.37 Å². The van der Waals surface area contributed by atoms with E-state index in [1.807, 2.05) is 0 Å². The fourth-order valence-corrected chi connectivity index (χ4v) is 3.71. The summed E-state index contributed by atoms with van der Waals surface area (Å²) in [6.45, 7) is 1.76. The molecule has 0 aromatic heterocycles. The van der Waals surface area contributed by atoms with Crippen molar-refractivity contribution in [1.29, 1.82) is 0 Å². The van der Waals surface area contributed by atoms with Gasteiger partial charge < -0.3 is 9.47 Å². The van der Waals surface area contributed by atoms with Gasteiger partial charge in [0.25, 0.3) is 11.8 Å². The van der Waals surface area contributed by atoms with Crippen LogP contribution in [0.2, 0.25) is 5.02 Å². The highest BCUT2D eigenvalue weighted by atomic mass is 79.9. The minimum atomic E-state index is -0.812. The van der Waals surface area contributed by atoms with Crippen LogP contribution in [0.15, 0.2) is 40.4 Å². The van der Waals surface area contributed by atoms with Gasteiger partial charge in [0.05, 0.1) is 24.9 Å². The first-order valence-electron chi connectivity index (χ1n) is 8.36. The van der Waals surface area contributed by atoms with Gasteiger partial charge in [-0.1, -0.05) is 27.5 Å². The molecule has 1 aliphatic heterocycles. The number of barbiturate groups is 1. The molecular weight excluding hydrogens is 464 g/mol. The maximum absolute atomic E-state index is 13.0. The van der Waals surface area contributed by atoms with Crippen LogP contribution in [0.3, 0.4) is 0 Å². The molecule has 1 saturated heterocycles. The van der Waals surface area contributed by atoms with Gasteiger partial charge in [-0.05, 0) is 54.5 Å². The number of hydrogen-bond donors (Lipinski definition) is 1. The Balaban J connectivity index is 2.07. The number of rotatable bonds is 4. The Morgan fingerprint density at radius 1 is 1.10 bits per heavy atom. The number of ether oxygens (including phenoxy) is 2. The lowest BCUT2D eigenvalue weighted by Gasteiger charge is -2.27. The molecule has 2 aromatic rings. The molecule has 0 spiro atoms. The van der Waals surface area contributed by atoms with Crippen molar-refractivity contribution in [3.05, 3.63) is 56.5 Å². The van der Waals surface area contributed by atoms with Crippen LogP contribution >= 0.6 is 27.5 Å². The summed E-state index contributed by atoms with van der Waals surface area (Å²) in [5.41, 5.74) is 1.29. The van der Waals surface area contributed by atoms with E-state index in [0.29, 0.717) is 28.3 Å². The van der Waals surface area contributed by atoms with Crippen molar-refractivity contribution >= 4 is 57.1 Å². The summed E-state index contributed by atoms with van der Waals surface area (Å²) in [5.74, 6) is -0.864. The summed E-state index contributed by atoms with van der Waals surface area (Å²) < 4.78 is 11.2. The first-order chi connectivity index (χ1) is 13.8. The van der Waals surface area contributed by atoms with Crippen LogP contribution in [0.4, 0.5) is 10.5 Å². The van der Waals surface area contributed by atoms with Gasteiger partial charge in [0.2, 0.25) is 0 Å². The van der Waals surface area contributed by atoms with Crippen LogP contribution in [0.5, 0.6) is 11.5 Å². The van der Waals surface area contributed by atoms with E-state index in [1.54, 1.807) is 31.2 Å². The first-order valence-corrected chi connectivity index (χ1v) is 9.53. The Bertz CT molecular complexity index is 1070. The van der Waals surface area contributed by atoms with Crippen molar-refractivity contribution in [1.82, 2.24) is 5.32 Å². The number of amides is 4. The topological polar surface area (TPSA) is 84.9 Å². The van der Waals surface area contributed by atoms with Crippen LogP contribution in [-0.2, 0) is 9.59 Å². The van der Waals surface area contributed by atoms with E-state index < -0.39 is 17.8 Å². The van der Waals surface area contributed by atoms with Gasteiger partial charge in [-0.25, -0.2) is 9.69 Å². The summed E-state index contributed by atoms with van der Waals surface area (Å²) >= 11 is 9.54. The molecule has 0 saturated carbocycles. The number of carbonyl (C=O) groups is 3. The zero-order valence-corrected chi connectivity index (χ0v) is 18.1. The molecule has 0 bridgehead atoms.